The number of halogens is 2. The topological polar surface area (TPSA) is 91.2 Å². The number of tetrazole rings is 1. The molecule has 1 aromatic heterocycles. The average molecular weight is 474 g/mol. The molecule has 2 aromatic carbocycles. The maximum Gasteiger partial charge on any atom is 0.338 e. The zero-order valence-electron chi connectivity index (χ0n) is 17.7. The molecule has 1 aliphatic heterocycles. The minimum atomic E-state index is -0.635. The summed E-state index contributed by atoms with van der Waals surface area (Å²) < 4.78 is 13.2. The predicted molar refractivity (Wildman–Crippen MR) is 121 cm³/mol. The van der Waals surface area contributed by atoms with Gasteiger partial charge in [0.15, 0.2) is 0 Å². The van der Waals surface area contributed by atoms with Gasteiger partial charge in [-0.15, -0.1) is 0 Å². The minimum Gasteiger partial charge on any atom is -0.488 e. The van der Waals surface area contributed by atoms with Crippen LogP contribution in [0.2, 0.25) is 10.0 Å². The van der Waals surface area contributed by atoms with Crippen molar-refractivity contribution in [2.75, 3.05) is 5.32 Å². The van der Waals surface area contributed by atoms with E-state index in [0.717, 1.165) is 5.56 Å². The monoisotopic (exact) mass is 473 g/mol. The standard InChI is InChI=1S/C22H21Cl2N5O3/c1-12(2)32-21(30)19-13(3)25-22-26-27-28-29(22)20(19)16-6-4-5-7-18(16)31-11-14-8-9-15(23)10-17(14)24/h4-10,12,20H,11H2,1-3H3,(H,25,26,28). The lowest BCUT2D eigenvalue weighted by molar-refractivity contribution is -0.143. The van der Waals surface area contributed by atoms with Crippen molar-refractivity contribution in [2.45, 2.75) is 39.5 Å². The maximum absolute atomic E-state index is 13.0. The molecule has 0 aliphatic carbocycles. The summed E-state index contributed by atoms with van der Waals surface area (Å²) in [4.78, 5) is 13.0. The number of rotatable bonds is 6. The zero-order valence-corrected chi connectivity index (χ0v) is 19.2. The Balaban J connectivity index is 1.73. The van der Waals surface area contributed by atoms with Crippen LogP contribution in [0.5, 0.6) is 5.75 Å². The van der Waals surface area contributed by atoms with Crippen molar-refractivity contribution in [3.8, 4) is 5.75 Å². The average Bonchev–Trinajstić information content (AvgIpc) is 3.20. The van der Waals surface area contributed by atoms with Gasteiger partial charge in [0.05, 0.1) is 11.7 Å². The molecule has 1 aliphatic rings. The first-order valence-electron chi connectivity index (χ1n) is 9.97. The summed E-state index contributed by atoms with van der Waals surface area (Å²) >= 11 is 12.3. The fourth-order valence-electron chi connectivity index (χ4n) is 3.47. The van der Waals surface area contributed by atoms with E-state index in [-0.39, 0.29) is 12.7 Å². The van der Waals surface area contributed by atoms with Crippen LogP contribution >= 0.6 is 23.2 Å². The third kappa shape index (κ3) is 4.42. The Labute approximate surface area is 195 Å². The van der Waals surface area contributed by atoms with E-state index in [2.05, 4.69) is 20.8 Å². The van der Waals surface area contributed by atoms with Gasteiger partial charge in [-0.25, -0.2) is 4.79 Å². The van der Waals surface area contributed by atoms with Gasteiger partial charge in [0, 0.05) is 26.9 Å². The highest BCUT2D eigenvalue weighted by Crippen LogP contribution is 2.39. The van der Waals surface area contributed by atoms with Crippen molar-refractivity contribution in [3.63, 3.8) is 0 Å². The third-order valence-electron chi connectivity index (χ3n) is 4.89. The second kappa shape index (κ2) is 9.18. The molecule has 0 saturated carbocycles. The van der Waals surface area contributed by atoms with Gasteiger partial charge in [-0.1, -0.05) is 52.6 Å². The van der Waals surface area contributed by atoms with Gasteiger partial charge in [0.25, 0.3) is 0 Å². The first-order valence-corrected chi connectivity index (χ1v) is 10.7. The van der Waals surface area contributed by atoms with E-state index in [4.69, 9.17) is 32.7 Å². The number of carbonyl (C=O) groups is 1. The summed E-state index contributed by atoms with van der Waals surface area (Å²) in [5.74, 6) is 0.533. The molecule has 4 rings (SSSR count). The number of para-hydroxylation sites is 1. The largest absolute Gasteiger partial charge is 0.488 e. The van der Waals surface area contributed by atoms with E-state index in [9.17, 15) is 4.79 Å². The molecule has 10 heteroatoms. The SMILES string of the molecule is CC1=C(C(=O)OC(C)C)C(c2ccccc2OCc2ccc(Cl)cc2Cl)n2nnnc2N1. The molecule has 0 spiro atoms. The summed E-state index contributed by atoms with van der Waals surface area (Å²) in [7, 11) is 0. The molecule has 0 fully saturated rings. The van der Waals surface area contributed by atoms with Crippen LogP contribution in [-0.4, -0.2) is 32.3 Å². The van der Waals surface area contributed by atoms with E-state index in [1.54, 1.807) is 37.6 Å². The molecule has 0 bridgehead atoms. The normalized spacial score (nSPS) is 15.4. The molecule has 1 N–H and O–H groups in total. The quantitative estimate of drug-likeness (QED) is 0.514. The second-order valence-corrected chi connectivity index (χ2v) is 8.37. The number of ether oxygens (including phenoxy) is 2. The molecule has 1 unspecified atom stereocenters. The number of carbonyl (C=O) groups excluding carboxylic acids is 1. The Morgan fingerprint density at radius 3 is 2.75 bits per heavy atom. The summed E-state index contributed by atoms with van der Waals surface area (Å²) in [6, 6.07) is 12.0. The Bertz CT molecular complexity index is 1190. The van der Waals surface area contributed by atoms with Crippen molar-refractivity contribution in [1.82, 2.24) is 20.2 Å². The van der Waals surface area contributed by atoms with E-state index >= 15 is 0 Å². The van der Waals surface area contributed by atoms with Crippen LogP contribution in [-0.2, 0) is 16.1 Å². The second-order valence-electron chi connectivity index (χ2n) is 7.53. The van der Waals surface area contributed by atoms with Gasteiger partial charge in [0.2, 0.25) is 5.95 Å². The lowest BCUT2D eigenvalue weighted by Crippen LogP contribution is -2.31. The van der Waals surface area contributed by atoms with Crippen molar-refractivity contribution >= 4 is 35.1 Å². The summed E-state index contributed by atoms with van der Waals surface area (Å²) in [6.07, 6.45) is -0.280. The van der Waals surface area contributed by atoms with Gasteiger partial charge in [0.1, 0.15) is 18.4 Å². The number of aromatic nitrogens is 4. The molecule has 2 heterocycles. The first-order chi connectivity index (χ1) is 15.3. The van der Waals surface area contributed by atoms with Crippen molar-refractivity contribution in [2.24, 2.45) is 0 Å². The fraction of sp³-hybridized carbons (Fsp3) is 0.273. The lowest BCUT2D eigenvalue weighted by atomic mass is 9.95. The molecule has 1 atom stereocenters. The van der Waals surface area contributed by atoms with E-state index in [1.807, 2.05) is 30.3 Å². The number of fused-ring (bicyclic) bond motifs is 1. The number of benzene rings is 2. The smallest absolute Gasteiger partial charge is 0.338 e. The van der Waals surface area contributed by atoms with Crippen LogP contribution in [0.25, 0.3) is 0 Å². The zero-order chi connectivity index (χ0) is 22.8. The number of nitrogens with one attached hydrogen (secondary N) is 1. The molecule has 0 radical (unpaired) electrons. The number of esters is 1. The highest BCUT2D eigenvalue weighted by atomic mass is 35.5. The van der Waals surface area contributed by atoms with Crippen LogP contribution < -0.4 is 10.1 Å². The fourth-order valence-corrected chi connectivity index (χ4v) is 3.94. The van der Waals surface area contributed by atoms with Crippen LogP contribution in [0, 0.1) is 0 Å². The van der Waals surface area contributed by atoms with Crippen LogP contribution in [0.1, 0.15) is 37.9 Å². The summed E-state index contributed by atoms with van der Waals surface area (Å²) in [5.41, 5.74) is 2.51. The van der Waals surface area contributed by atoms with Crippen molar-refractivity contribution in [3.05, 3.63) is 74.9 Å². The number of allylic oxidation sites excluding steroid dienone is 1. The number of hydrogen-bond acceptors (Lipinski definition) is 7. The molecule has 32 heavy (non-hydrogen) atoms. The van der Waals surface area contributed by atoms with E-state index in [0.29, 0.717) is 38.6 Å². The summed E-state index contributed by atoms with van der Waals surface area (Å²) in [5, 5.41) is 16.0. The highest BCUT2D eigenvalue weighted by molar-refractivity contribution is 6.35. The molecule has 166 valence electrons. The summed E-state index contributed by atoms with van der Waals surface area (Å²) in [6.45, 7) is 5.61. The van der Waals surface area contributed by atoms with E-state index in [1.165, 1.54) is 0 Å². The minimum absolute atomic E-state index is 0.217. The Hall–Kier alpha value is -3.10. The van der Waals surface area contributed by atoms with Crippen LogP contribution in [0.3, 0.4) is 0 Å². The third-order valence-corrected chi connectivity index (χ3v) is 5.48. The van der Waals surface area contributed by atoms with Gasteiger partial charge in [-0.05, 0) is 49.4 Å². The molecule has 3 aromatic rings. The Kier molecular flexibility index (Phi) is 6.34. The van der Waals surface area contributed by atoms with Crippen molar-refractivity contribution in [1.29, 1.82) is 0 Å². The van der Waals surface area contributed by atoms with Gasteiger partial charge in [-0.3, -0.25) is 0 Å². The van der Waals surface area contributed by atoms with Gasteiger partial charge in [-0.2, -0.15) is 4.68 Å². The molecular formula is C22H21Cl2N5O3. The number of hydrogen-bond donors (Lipinski definition) is 1. The first kappa shape index (κ1) is 22.1. The molecular weight excluding hydrogens is 453 g/mol. The molecule has 0 amide bonds. The van der Waals surface area contributed by atoms with E-state index < -0.39 is 12.0 Å². The molecule has 8 nitrogen and oxygen atoms in total. The van der Waals surface area contributed by atoms with Gasteiger partial charge >= 0.3 is 5.97 Å². The van der Waals surface area contributed by atoms with Crippen LogP contribution in [0.15, 0.2) is 53.7 Å². The maximum atomic E-state index is 13.0. The van der Waals surface area contributed by atoms with Crippen LogP contribution in [0.4, 0.5) is 5.95 Å². The Morgan fingerprint density at radius 2 is 2.00 bits per heavy atom. The lowest BCUT2D eigenvalue weighted by Gasteiger charge is -2.29. The highest BCUT2D eigenvalue weighted by Gasteiger charge is 2.36. The predicted octanol–water partition coefficient (Wildman–Crippen LogP) is 4.80. The number of anilines is 1. The van der Waals surface area contributed by atoms with Crippen molar-refractivity contribution < 1.29 is 14.3 Å². The van der Waals surface area contributed by atoms with Gasteiger partial charge < -0.3 is 14.8 Å². The molecule has 0 saturated heterocycles. The Morgan fingerprint density at radius 1 is 1.22 bits per heavy atom. The number of nitrogens with zero attached hydrogens (tertiary/aromatic N) is 4.